The third-order valence-corrected chi connectivity index (χ3v) is 2.75. The first-order valence-corrected chi connectivity index (χ1v) is 6.50. The Morgan fingerprint density at radius 2 is 2.26 bits per heavy atom. The Balaban J connectivity index is 0.000000816. The van der Waals surface area contributed by atoms with Crippen LogP contribution in [0.4, 0.5) is 0 Å². The van der Waals surface area contributed by atoms with Crippen LogP contribution in [0.15, 0.2) is 17.3 Å². The molecule has 0 aliphatic heterocycles. The molecule has 2 aromatic rings. The Labute approximate surface area is 130 Å². The number of nitrogens with one attached hydrogen (secondary N) is 2. The number of hydrogen-bond acceptors (Lipinski definition) is 6. The van der Waals surface area contributed by atoms with Crippen molar-refractivity contribution in [3.63, 3.8) is 0 Å². The summed E-state index contributed by atoms with van der Waals surface area (Å²) in [6.07, 6.45) is 3.33. The van der Waals surface area contributed by atoms with E-state index in [4.69, 9.17) is 14.6 Å². The maximum atomic E-state index is 11.8. The Kier molecular flexibility index (Phi) is 7.20. The molecule has 0 fully saturated rings. The van der Waals surface area contributed by atoms with Crippen LogP contribution in [0.25, 0.3) is 0 Å². The monoisotopic (exact) mass is 326 g/mol. The number of H-pyrrole nitrogens is 1. The SMILES string of the molecule is COCCn1cncc1CNC(=O)c1nn(C)c(=O)[nH]1.O=CO. The van der Waals surface area contributed by atoms with Crippen molar-refractivity contribution in [1.29, 1.82) is 0 Å². The van der Waals surface area contributed by atoms with E-state index in [0.717, 1.165) is 10.4 Å². The standard InChI is InChI=1S/C11H16N6O3.CH2O2/c1-16-11(19)14-9(15-16)10(18)13-6-8-5-12-7-17(8)3-4-20-2;2-1-3/h5,7H,3-4,6H2,1-2H3,(H,13,18)(H,14,15,19);1H,(H,2,3). The summed E-state index contributed by atoms with van der Waals surface area (Å²) in [6.45, 7) is 1.26. The fourth-order valence-electron chi connectivity index (χ4n) is 1.65. The number of carbonyl (C=O) groups excluding carboxylic acids is 1. The highest BCUT2D eigenvalue weighted by Crippen LogP contribution is 1.99. The van der Waals surface area contributed by atoms with Gasteiger partial charge in [0.25, 0.3) is 12.4 Å². The lowest BCUT2D eigenvalue weighted by atomic mass is 10.4. The highest BCUT2D eigenvalue weighted by atomic mass is 16.5. The topological polar surface area (TPSA) is 144 Å². The molecular formula is C12H18N6O5. The predicted molar refractivity (Wildman–Crippen MR) is 77.8 cm³/mol. The number of ether oxygens (including phenoxy) is 1. The van der Waals surface area contributed by atoms with Crippen molar-refractivity contribution >= 4 is 12.4 Å². The van der Waals surface area contributed by atoms with Gasteiger partial charge in [-0.3, -0.25) is 14.6 Å². The Morgan fingerprint density at radius 1 is 1.57 bits per heavy atom. The molecule has 2 aromatic heterocycles. The molecule has 2 heterocycles. The van der Waals surface area contributed by atoms with Gasteiger partial charge in [0.15, 0.2) is 0 Å². The van der Waals surface area contributed by atoms with Crippen LogP contribution in [0, 0.1) is 0 Å². The Bertz CT molecular complexity index is 688. The van der Waals surface area contributed by atoms with Crippen molar-refractivity contribution < 1.29 is 19.4 Å². The first kappa shape index (κ1) is 18.1. The molecule has 23 heavy (non-hydrogen) atoms. The minimum absolute atomic E-state index is 0.0135. The summed E-state index contributed by atoms with van der Waals surface area (Å²) >= 11 is 0. The van der Waals surface area contributed by atoms with Crippen LogP contribution < -0.4 is 11.0 Å². The minimum Gasteiger partial charge on any atom is -0.483 e. The number of methoxy groups -OCH3 is 1. The van der Waals surface area contributed by atoms with Gasteiger partial charge in [-0.25, -0.2) is 14.5 Å². The van der Waals surface area contributed by atoms with Gasteiger partial charge in [0.05, 0.1) is 25.2 Å². The smallest absolute Gasteiger partial charge is 0.343 e. The van der Waals surface area contributed by atoms with E-state index in [0.29, 0.717) is 19.7 Å². The van der Waals surface area contributed by atoms with Gasteiger partial charge < -0.3 is 19.7 Å². The van der Waals surface area contributed by atoms with E-state index in [9.17, 15) is 9.59 Å². The fourth-order valence-corrected chi connectivity index (χ4v) is 1.65. The largest absolute Gasteiger partial charge is 0.483 e. The lowest BCUT2D eigenvalue weighted by molar-refractivity contribution is -0.122. The van der Waals surface area contributed by atoms with Crippen LogP contribution in [0.2, 0.25) is 0 Å². The predicted octanol–water partition coefficient (Wildman–Crippen LogP) is -1.42. The van der Waals surface area contributed by atoms with Gasteiger partial charge in [0.2, 0.25) is 5.82 Å². The summed E-state index contributed by atoms with van der Waals surface area (Å²) < 4.78 is 7.94. The van der Waals surface area contributed by atoms with Gasteiger partial charge in [-0.2, -0.15) is 0 Å². The van der Waals surface area contributed by atoms with Crippen molar-refractivity contribution in [2.45, 2.75) is 13.1 Å². The van der Waals surface area contributed by atoms with E-state index in [1.165, 1.54) is 7.05 Å². The number of aryl methyl sites for hydroxylation is 1. The molecule has 3 N–H and O–H groups in total. The number of carboxylic acid groups (broad SMARTS) is 1. The zero-order chi connectivity index (χ0) is 17.2. The number of rotatable bonds is 6. The molecule has 11 nitrogen and oxygen atoms in total. The highest BCUT2D eigenvalue weighted by molar-refractivity contribution is 5.90. The molecule has 0 bridgehead atoms. The van der Waals surface area contributed by atoms with E-state index >= 15 is 0 Å². The molecule has 126 valence electrons. The zero-order valence-corrected chi connectivity index (χ0v) is 12.7. The number of hydrogen-bond donors (Lipinski definition) is 3. The third-order valence-electron chi connectivity index (χ3n) is 2.75. The average molecular weight is 326 g/mol. The molecular weight excluding hydrogens is 308 g/mol. The second-order valence-electron chi connectivity index (χ2n) is 4.26. The van der Waals surface area contributed by atoms with E-state index < -0.39 is 11.6 Å². The second kappa shape index (κ2) is 9.15. The first-order valence-electron chi connectivity index (χ1n) is 6.50. The summed E-state index contributed by atoms with van der Waals surface area (Å²) in [5.41, 5.74) is 0.411. The third kappa shape index (κ3) is 5.39. The lowest BCUT2D eigenvalue weighted by Crippen LogP contribution is -2.26. The van der Waals surface area contributed by atoms with Gasteiger partial charge in [0, 0.05) is 26.9 Å². The number of aromatic amines is 1. The normalized spacial score (nSPS) is 9.83. The van der Waals surface area contributed by atoms with E-state index in [1.54, 1.807) is 19.6 Å². The van der Waals surface area contributed by atoms with Crippen LogP contribution in [-0.2, 0) is 29.7 Å². The second-order valence-corrected chi connectivity index (χ2v) is 4.26. The van der Waals surface area contributed by atoms with Gasteiger partial charge in [-0.1, -0.05) is 0 Å². The molecule has 0 aliphatic carbocycles. The molecule has 0 atom stereocenters. The first-order chi connectivity index (χ1) is 11.0. The van der Waals surface area contributed by atoms with Gasteiger partial charge >= 0.3 is 5.69 Å². The summed E-state index contributed by atoms with van der Waals surface area (Å²) in [4.78, 5) is 37.8. The number of amides is 1. The van der Waals surface area contributed by atoms with Crippen LogP contribution in [-0.4, -0.2) is 55.5 Å². The van der Waals surface area contributed by atoms with E-state index in [1.807, 2.05) is 4.57 Å². The summed E-state index contributed by atoms with van der Waals surface area (Å²) in [6, 6.07) is 0. The molecule has 0 unspecified atom stereocenters. The summed E-state index contributed by atoms with van der Waals surface area (Å²) in [5, 5.41) is 13.3. The van der Waals surface area contributed by atoms with Crippen molar-refractivity contribution in [3.05, 3.63) is 34.5 Å². The molecule has 0 radical (unpaired) electrons. The van der Waals surface area contributed by atoms with Gasteiger partial charge in [-0.05, 0) is 0 Å². The van der Waals surface area contributed by atoms with Crippen molar-refractivity contribution in [1.82, 2.24) is 29.6 Å². The lowest BCUT2D eigenvalue weighted by Gasteiger charge is -2.07. The molecule has 0 spiro atoms. The number of aromatic nitrogens is 5. The average Bonchev–Trinajstić information content (AvgIpc) is 3.10. The number of nitrogens with zero attached hydrogens (tertiary/aromatic N) is 4. The van der Waals surface area contributed by atoms with Crippen LogP contribution in [0.1, 0.15) is 16.3 Å². The van der Waals surface area contributed by atoms with Crippen LogP contribution in [0.5, 0.6) is 0 Å². The maximum absolute atomic E-state index is 11.8. The van der Waals surface area contributed by atoms with Crippen molar-refractivity contribution in [2.75, 3.05) is 13.7 Å². The van der Waals surface area contributed by atoms with Gasteiger partial charge in [0.1, 0.15) is 0 Å². The van der Waals surface area contributed by atoms with Crippen LogP contribution >= 0.6 is 0 Å². The molecule has 0 saturated carbocycles. The Hall–Kier alpha value is -2.95. The molecule has 0 aromatic carbocycles. The summed E-state index contributed by atoms with van der Waals surface area (Å²) in [5.74, 6) is -0.456. The van der Waals surface area contributed by atoms with Crippen molar-refractivity contribution in [3.8, 4) is 0 Å². The molecule has 0 aliphatic rings. The molecule has 0 saturated heterocycles. The fraction of sp³-hybridized carbons (Fsp3) is 0.417. The van der Waals surface area contributed by atoms with E-state index in [2.05, 4.69) is 20.4 Å². The van der Waals surface area contributed by atoms with E-state index in [-0.39, 0.29) is 12.3 Å². The minimum atomic E-state index is -0.442. The Morgan fingerprint density at radius 3 is 2.83 bits per heavy atom. The highest BCUT2D eigenvalue weighted by Gasteiger charge is 2.12. The molecule has 1 amide bonds. The number of imidazole rings is 1. The number of carbonyl (C=O) groups is 2. The van der Waals surface area contributed by atoms with Gasteiger partial charge in [-0.15, -0.1) is 5.10 Å². The molecule has 2 rings (SSSR count). The quantitative estimate of drug-likeness (QED) is 0.553. The van der Waals surface area contributed by atoms with Crippen molar-refractivity contribution in [2.24, 2.45) is 7.05 Å². The zero-order valence-electron chi connectivity index (χ0n) is 12.7. The maximum Gasteiger partial charge on any atom is 0.343 e. The summed E-state index contributed by atoms with van der Waals surface area (Å²) in [7, 11) is 3.09. The van der Waals surface area contributed by atoms with Crippen LogP contribution in [0.3, 0.4) is 0 Å². The molecule has 11 heteroatoms.